The molecule has 2 atom stereocenters. The third-order valence-corrected chi connectivity index (χ3v) is 4.07. The van der Waals surface area contributed by atoms with Gasteiger partial charge in [-0.25, -0.2) is 4.99 Å². The van der Waals surface area contributed by atoms with Crippen LogP contribution in [0.15, 0.2) is 41.4 Å². The average molecular weight is 266 g/mol. The predicted octanol–water partition coefficient (Wildman–Crippen LogP) is 3.34. The van der Waals surface area contributed by atoms with Crippen molar-refractivity contribution >= 4 is 22.3 Å². The molecule has 102 valence electrons. The number of rotatable bonds is 0. The van der Waals surface area contributed by atoms with Crippen LogP contribution in [0.4, 0.5) is 5.69 Å². The van der Waals surface area contributed by atoms with Crippen LogP contribution in [-0.2, 0) is 4.74 Å². The summed E-state index contributed by atoms with van der Waals surface area (Å²) in [4.78, 5) is 7.24. The zero-order chi connectivity index (χ0) is 13.7. The van der Waals surface area contributed by atoms with Gasteiger partial charge >= 0.3 is 0 Å². The van der Waals surface area contributed by atoms with Crippen LogP contribution < -0.4 is 0 Å². The molecule has 0 spiro atoms. The SMILES string of the molecule is C[C@@H]1CN(C2=Nc3cccc4cccc2c34)C[C@@H](C)O1. The van der Waals surface area contributed by atoms with E-state index in [0.717, 1.165) is 24.6 Å². The molecular formula is C17H18N2O. The predicted molar refractivity (Wildman–Crippen MR) is 81.7 cm³/mol. The van der Waals surface area contributed by atoms with E-state index < -0.39 is 0 Å². The van der Waals surface area contributed by atoms with Gasteiger partial charge in [0.1, 0.15) is 5.84 Å². The molecule has 2 aliphatic heterocycles. The van der Waals surface area contributed by atoms with E-state index in [1.165, 1.54) is 16.3 Å². The summed E-state index contributed by atoms with van der Waals surface area (Å²) in [6.07, 6.45) is 0.508. The molecule has 20 heavy (non-hydrogen) atoms. The van der Waals surface area contributed by atoms with Crippen LogP contribution in [0.1, 0.15) is 19.4 Å². The summed E-state index contributed by atoms with van der Waals surface area (Å²) in [7, 11) is 0. The second-order valence-electron chi connectivity index (χ2n) is 5.78. The molecule has 3 nitrogen and oxygen atoms in total. The van der Waals surface area contributed by atoms with Gasteiger partial charge in [0, 0.05) is 24.0 Å². The van der Waals surface area contributed by atoms with Gasteiger partial charge in [0.2, 0.25) is 0 Å². The van der Waals surface area contributed by atoms with E-state index in [1.807, 2.05) is 0 Å². The van der Waals surface area contributed by atoms with Crippen molar-refractivity contribution in [2.24, 2.45) is 4.99 Å². The Labute approximate surface area is 118 Å². The minimum atomic E-state index is 0.254. The zero-order valence-electron chi connectivity index (χ0n) is 11.8. The van der Waals surface area contributed by atoms with Gasteiger partial charge in [-0.2, -0.15) is 0 Å². The average Bonchev–Trinajstić information content (AvgIpc) is 2.80. The lowest BCUT2D eigenvalue weighted by Crippen LogP contribution is -2.48. The van der Waals surface area contributed by atoms with E-state index in [4.69, 9.17) is 9.73 Å². The quantitative estimate of drug-likeness (QED) is 0.730. The minimum Gasteiger partial charge on any atom is -0.372 e. The van der Waals surface area contributed by atoms with Crippen LogP contribution in [0, 0.1) is 0 Å². The second-order valence-corrected chi connectivity index (χ2v) is 5.78. The highest BCUT2D eigenvalue weighted by atomic mass is 16.5. The first kappa shape index (κ1) is 11.9. The number of hydrogen-bond acceptors (Lipinski definition) is 3. The van der Waals surface area contributed by atoms with Crippen molar-refractivity contribution in [3.05, 3.63) is 42.0 Å². The molecule has 3 heteroatoms. The Bertz CT molecular complexity index is 692. The maximum absolute atomic E-state index is 5.83. The fraction of sp³-hybridized carbons (Fsp3) is 0.353. The zero-order valence-corrected chi connectivity index (χ0v) is 11.8. The van der Waals surface area contributed by atoms with Crippen LogP contribution in [0.5, 0.6) is 0 Å². The summed E-state index contributed by atoms with van der Waals surface area (Å²) >= 11 is 0. The summed E-state index contributed by atoms with van der Waals surface area (Å²) in [6, 6.07) is 12.8. The van der Waals surface area contributed by atoms with E-state index in [2.05, 4.69) is 55.1 Å². The molecule has 0 aromatic heterocycles. The third kappa shape index (κ3) is 1.74. The first-order valence-electron chi connectivity index (χ1n) is 7.23. The summed E-state index contributed by atoms with van der Waals surface area (Å²) < 4.78 is 5.83. The normalized spacial score (nSPS) is 25.1. The highest BCUT2D eigenvalue weighted by Crippen LogP contribution is 2.36. The first-order valence-corrected chi connectivity index (χ1v) is 7.23. The molecule has 0 unspecified atom stereocenters. The number of hydrogen-bond donors (Lipinski definition) is 0. The standard InChI is InChI=1S/C17H18N2O/c1-11-9-19(10-12(2)20-11)17-14-7-3-5-13-6-4-8-15(18-17)16(13)14/h3-8,11-12H,9-10H2,1-2H3/t11-,12-/m1/s1. The first-order chi connectivity index (χ1) is 9.72. The van der Waals surface area contributed by atoms with Gasteiger partial charge in [-0.3, -0.25) is 0 Å². The summed E-state index contributed by atoms with van der Waals surface area (Å²) in [6.45, 7) is 6.08. The maximum atomic E-state index is 5.83. The van der Waals surface area contributed by atoms with Gasteiger partial charge in [0.05, 0.1) is 17.9 Å². The Kier molecular flexibility index (Phi) is 2.57. The monoisotopic (exact) mass is 266 g/mol. The van der Waals surface area contributed by atoms with Crippen LogP contribution in [0.2, 0.25) is 0 Å². The number of nitrogens with zero attached hydrogens (tertiary/aromatic N) is 2. The third-order valence-electron chi connectivity index (χ3n) is 4.07. The van der Waals surface area contributed by atoms with Gasteiger partial charge in [0.15, 0.2) is 0 Å². The number of benzene rings is 2. The molecule has 2 aliphatic rings. The van der Waals surface area contributed by atoms with Crippen molar-refractivity contribution in [1.29, 1.82) is 0 Å². The van der Waals surface area contributed by atoms with Crippen molar-refractivity contribution in [3.8, 4) is 0 Å². The lowest BCUT2D eigenvalue weighted by atomic mass is 10.0. The van der Waals surface area contributed by atoms with E-state index in [1.54, 1.807) is 0 Å². The summed E-state index contributed by atoms with van der Waals surface area (Å²) in [5, 5.41) is 2.56. The summed E-state index contributed by atoms with van der Waals surface area (Å²) in [5.74, 6) is 1.11. The Morgan fingerprint density at radius 1 is 1.05 bits per heavy atom. The molecule has 0 N–H and O–H groups in total. The fourth-order valence-corrected chi connectivity index (χ4v) is 3.37. The van der Waals surface area contributed by atoms with Crippen LogP contribution in [0.3, 0.4) is 0 Å². The Morgan fingerprint density at radius 3 is 2.50 bits per heavy atom. The molecule has 0 bridgehead atoms. The molecular weight excluding hydrogens is 248 g/mol. The van der Waals surface area contributed by atoms with Crippen LogP contribution in [0.25, 0.3) is 10.8 Å². The number of ether oxygens (including phenoxy) is 1. The molecule has 1 saturated heterocycles. The lowest BCUT2D eigenvalue weighted by molar-refractivity contribution is -0.0478. The van der Waals surface area contributed by atoms with Gasteiger partial charge in [0.25, 0.3) is 0 Å². The highest BCUT2D eigenvalue weighted by Gasteiger charge is 2.29. The Hall–Kier alpha value is -1.87. The fourth-order valence-electron chi connectivity index (χ4n) is 3.37. The molecule has 2 aromatic carbocycles. The maximum Gasteiger partial charge on any atom is 0.137 e. The molecule has 0 radical (unpaired) electrons. The summed E-state index contributed by atoms with van der Waals surface area (Å²) in [5.41, 5.74) is 2.36. The number of aliphatic imine (C=N–C) groups is 1. The highest BCUT2D eigenvalue weighted by molar-refractivity contribution is 6.18. The van der Waals surface area contributed by atoms with Gasteiger partial charge in [-0.05, 0) is 25.3 Å². The van der Waals surface area contributed by atoms with Crippen molar-refractivity contribution in [3.63, 3.8) is 0 Å². The van der Waals surface area contributed by atoms with Gasteiger partial charge in [-0.1, -0.05) is 30.3 Å². The smallest absolute Gasteiger partial charge is 0.137 e. The van der Waals surface area contributed by atoms with E-state index >= 15 is 0 Å². The van der Waals surface area contributed by atoms with Gasteiger partial charge in [-0.15, -0.1) is 0 Å². The molecule has 0 amide bonds. The largest absolute Gasteiger partial charge is 0.372 e. The van der Waals surface area contributed by atoms with Crippen LogP contribution in [-0.4, -0.2) is 36.0 Å². The van der Waals surface area contributed by atoms with Crippen molar-refractivity contribution in [1.82, 2.24) is 4.90 Å². The number of amidine groups is 1. The number of morpholine rings is 1. The molecule has 1 fully saturated rings. The lowest BCUT2D eigenvalue weighted by Gasteiger charge is -2.36. The Balaban J connectivity index is 1.80. The van der Waals surface area contributed by atoms with E-state index in [9.17, 15) is 0 Å². The van der Waals surface area contributed by atoms with E-state index in [-0.39, 0.29) is 12.2 Å². The van der Waals surface area contributed by atoms with E-state index in [0.29, 0.717) is 0 Å². The molecule has 4 rings (SSSR count). The van der Waals surface area contributed by atoms with Crippen LogP contribution >= 0.6 is 0 Å². The van der Waals surface area contributed by atoms with Crippen molar-refractivity contribution < 1.29 is 4.74 Å². The minimum absolute atomic E-state index is 0.254. The molecule has 0 saturated carbocycles. The van der Waals surface area contributed by atoms with Crippen molar-refractivity contribution in [2.75, 3.05) is 13.1 Å². The Morgan fingerprint density at radius 2 is 1.75 bits per heavy atom. The van der Waals surface area contributed by atoms with Gasteiger partial charge < -0.3 is 9.64 Å². The topological polar surface area (TPSA) is 24.8 Å². The molecule has 0 aliphatic carbocycles. The molecule has 2 aromatic rings. The molecule has 2 heterocycles. The second kappa shape index (κ2) is 4.32. The van der Waals surface area contributed by atoms with Crippen molar-refractivity contribution in [2.45, 2.75) is 26.1 Å².